The van der Waals surface area contributed by atoms with Gasteiger partial charge in [-0.3, -0.25) is 4.98 Å². The van der Waals surface area contributed by atoms with Crippen molar-refractivity contribution in [2.45, 2.75) is 31.9 Å². The second-order valence-corrected chi connectivity index (χ2v) is 8.34. The highest BCUT2D eigenvalue weighted by Gasteiger charge is 2.41. The smallest absolute Gasteiger partial charge is 0.475 e. The highest BCUT2D eigenvalue weighted by Crippen LogP contribution is 2.34. The van der Waals surface area contributed by atoms with E-state index in [0.29, 0.717) is 13.2 Å². The highest BCUT2D eigenvalue weighted by molar-refractivity contribution is 5.75. The lowest BCUT2D eigenvalue weighted by Gasteiger charge is -2.44. The monoisotopic (exact) mass is 459 g/mol. The van der Waals surface area contributed by atoms with Crippen LogP contribution in [0.5, 0.6) is 0 Å². The summed E-state index contributed by atoms with van der Waals surface area (Å²) >= 11 is 0. The molecule has 1 N–H and O–H groups in total. The molecular formula is C20H28F3N5O4. The van der Waals surface area contributed by atoms with E-state index >= 15 is 0 Å². The molecule has 0 radical (unpaired) electrons. The fraction of sp³-hybridized carbons (Fsp3) is 0.700. The molecule has 2 amide bonds. The van der Waals surface area contributed by atoms with Crippen molar-refractivity contribution in [1.82, 2.24) is 19.8 Å². The summed E-state index contributed by atoms with van der Waals surface area (Å²) in [5, 5.41) is 7.12. The molecule has 3 aliphatic rings. The van der Waals surface area contributed by atoms with Crippen molar-refractivity contribution >= 4 is 17.8 Å². The summed E-state index contributed by atoms with van der Waals surface area (Å²) in [5.74, 6) is -1.86. The molecule has 1 aromatic rings. The maximum absolute atomic E-state index is 12.8. The minimum absolute atomic E-state index is 0.0122. The molecule has 0 saturated carbocycles. The topological polar surface area (TPSA) is 99.1 Å². The van der Waals surface area contributed by atoms with Crippen LogP contribution in [0.15, 0.2) is 18.6 Å². The fourth-order valence-electron chi connectivity index (χ4n) is 4.37. The lowest BCUT2D eigenvalue weighted by atomic mass is 9.80. The van der Waals surface area contributed by atoms with Crippen LogP contribution in [-0.2, 0) is 9.53 Å². The first-order valence-electron chi connectivity index (χ1n) is 10.6. The van der Waals surface area contributed by atoms with Gasteiger partial charge in [0.05, 0.1) is 19.4 Å². The first-order chi connectivity index (χ1) is 15.2. The molecule has 3 saturated heterocycles. The van der Waals surface area contributed by atoms with Gasteiger partial charge in [0, 0.05) is 57.1 Å². The number of nitrogens with zero attached hydrogens (tertiary/aromatic N) is 5. The Balaban J connectivity index is 0.000000360. The summed E-state index contributed by atoms with van der Waals surface area (Å²) in [5.41, 5.74) is -0.0122. The molecule has 1 aromatic heterocycles. The summed E-state index contributed by atoms with van der Waals surface area (Å²) < 4.78 is 37.7. The molecule has 178 valence electrons. The van der Waals surface area contributed by atoms with E-state index in [1.807, 2.05) is 11.1 Å². The molecular weight excluding hydrogens is 431 g/mol. The van der Waals surface area contributed by atoms with E-state index in [1.54, 1.807) is 12.4 Å². The molecule has 1 atom stereocenters. The first kappa shape index (κ1) is 24.0. The third-order valence-corrected chi connectivity index (χ3v) is 5.86. The van der Waals surface area contributed by atoms with Crippen LogP contribution in [0.25, 0.3) is 0 Å². The van der Waals surface area contributed by atoms with Crippen LogP contribution >= 0.6 is 0 Å². The maximum atomic E-state index is 12.8. The van der Waals surface area contributed by atoms with Crippen molar-refractivity contribution in [3.63, 3.8) is 0 Å². The molecule has 9 nitrogen and oxygen atoms in total. The van der Waals surface area contributed by atoms with E-state index in [-0.39, 0.29) is 11.4 Å². The van der Waals surface area contributed by atoms with Crippen molar-refractivity contribution in [1.29, 1.82) is 0 Å². The van der Waals surface area contributed by atoms with Crippen LogP contribution in [0.1, 0.15) is 25.7 Å². The zero-order valence-corrected chi connectivity index (χ0v) is 17.8. The van der Waals surface area contributed by atoms with Crippen molar-refractivity contribution in [3.05, 3.63) is 18.6 Å². The van der Waals surface area contributed by atoms with E-state index in [1.165, 1.54) is 0 Å². The van der Waals surface area contributed by atoms with Crippen molar-refractivity contribution < 1.29 is 32.6 Å². The average Bonchev–Trinajstić information content (AvgIpc) is 3.23. The van der Waals surface area contributed by atoms with Crippen LogP contribution in [0.4, 0.5) is 23.8 Å². The number of piperidine rings is 1. The normalized spacial score (nSPS) is 24.0. The van der Waals surface area contributed by atoms with Crippen molar-refractivity contribution in [2.75, 3.05) is 57.4 Å². The van der Waals surface area contributed by atoms with Crippen molar-refractivity contribution in [2.24, 2.45) is 5.41 Å². The second kappa shape index (κ2) is 10.3. The Morgan fingerprint density at radius 2 is 1.72 bits per heavy atom. The number of carboxylic acid groups (broad SMARTS) is 1. The third kappa shape index (κ3) is 6.21. The number of carbonyl (C=O) groups is 2. The first-order valence-corrected chi connectivity index (χ1v) is 10.6. The predicted octanol–water partition coefficient (Wildman–Crippen LogP) is 2.24. The third-order valence-electron chi connectivity index (χ3n) is 5.86. The number of amides is 2. The molecule has 12 heteroatoms. The lowest BCUT2D eigenvalue weighted by molar-refractivity contribution is -0.192. The van der Waals surface area contributed by atoms with Gasteiger partial charge in [-0.2, -0.15) is 13.2 Å². The number of hydrogen-bond acceptors (Lipinski definition) is 6. The van der Waals surface area contributed by atoms with Gasteiger partial charge < -0.3 is 24.5 Å². The quantitative estimate of drug-likeness (QED) is 0.688. The Labute approximate surface area is 184 Å². The van der Waals surface area contributed by atoms with Crippen molar-refractivity contribution in [3.8, 4) is 0 Å². The number of aliphatic carboxylic acids is 1. The standard InChI is InChI=1S/C18H27N5O2.C2HF3O2/c24-17(21-7-1-2-8-21)23-9-3-4-18(14-23)13-22(10-11-25-15-18)16-12-19-5-6-20-16;3-2(4,5)1(6)7/h5-6,12H,1-4,7-11,13-15H2;(H,6,7). The van der Waals surface area contributed by atoms with Gasteiger partial charge in [0.15, 0.2) is 0 Å². The Morgan fingerprint density at radius 1 is 1.03 bits per heavy atom. The summed E-state index contributed by atoms with van der Waals surface area (Å²) in [6.45, 7) is 6.55. The average molecular weight is 459 g/mol. The Bertz CT molecular complexity index is 776. The zero-order chi connectivity index (χ0) is 23.2. The molecule has 0 aromatic carbocycles. The number of carbonyl (C=O) groups excluding carboxylic acids is 1. The molecule has 1 unspecified atom stereocenters. The number of hydrogen-bond donors (Lipinski definition) is 1. The van der Waals surface area contributed by atoms with E-state index in [4.69, 9.17) is 14.6 Å². The number of anilines is 1. The number of rotatable bonds is 1. The number of alkyl halides is 3. The molecule has 4 rings (SSSR count). The summed E-state index contributed by atoms with van der Waals surface area (Å²) in [7, 11) is 0. The molecule has 0 bridgehead atoms. The van der Waals surface area contributed by atoms with Crippen LogP contribution in [-0.4, -0.2) is 95.5 Å². The molecule has 32 heavy (non-hydrogen) atoms. The fourth-order valence-corrected chi connectivity index (χ4v) is 4.37. The highest BCUT2D eigenvalue weighted by atomic mass is 19.4. The lowest BCUT2D eigenvalue weighted by Crippen LogP contribution is -2.54. The molecule has 3 fully saturated rings. The molecule has 0 aliphatic carbocycles. The van der Waals surface area contributed by atoms with Gasteiger partial charge in [-0.05, 0) is 25.7 Å². The van der Waals surface area contributed by atoms with Gasteiger partial charge in [-0.1, -0.05) is 0 Å². The largest absolute Gasteiger partial charge is 0.490 e. The van der Waals surface area contributed by atoms with Gasteiger partial charge in [-0.25, -0.2) is 14.6 Å². The predicted molar refractivity (Wildman–Crippen MR) is 108 cm³/mol. The van der Waals surface area contributed by atoms with E-state index in [9.17, 15) is 18.0 Å². The van der Waals surface area contributed by atoms with Gasteiger partial charge in [0.25, 0.3) is 0 Å². The van der Waals surface area contributed by atoms with Gasteiger partial charge in [-0.15, -0.1) is 0 Å². The summed E-state index contributed by atoms with van der Waals surface area (Å²) in [6, 6.07) is 0.215. The maximum Gasteiger partial charge on any atom is 0.490 e. The number of halogens is 3. The molecule has 3 aliphatic heterocycles. The van der Waals surface area contributed by atoms with E-state index in [2.05, 4.69) is 19.8 Å². The van der Waals surface area contributed by atoms with Gasteiger partial charge >= 0.3 is 18.2 Å². The van der Waals surface area contributed by atoms with E-state index < -0.39 is 12.1 Å². The Morgan fingerprint density at radius 3 is 2.34 bits per heavy atom. The zero-order valence-electron chi connectivity index (χ0n) is 17.8. The SMILES string of the molecule is O=C(N1CCCC1)N1CCCC2(COCCN(c3cnccn3)C2)C1.O=C(O)C(F)(F)F. The minimum atomic E-state index is -5.08. The van der Waals surface area contributed by atoms with Crippen LogP contribution in [0.2, 0.25) is 0 Å². The molecule has 1 spiro atoms. The minimum Gasteiger partial charge on any atom is -0.475 e. The summed E-state index contributed by atoms with van der Waals surface area (Å²) in [4.78, 5) is 36.7. The molecule has 4 heterocycles. The Hall–Kier alpha value is -2.63. The number of urea groups is 1. The van der Waals surface area contributed by atoms with Gasteiger partial charge in [0.1, 0.15) is 5.82 Å². The number of carboxylic acids is 1. The van der Waals surface area contributed by atoms with Gasteiger partial charge in [0.2, 0.25) is 0 Å². The van der Waals surface area contributed by atoms with E-state index in [0.717, 1.165) is 70.8 Å². The van der Waals surface area contributed by atoms with Crippen LogP contribution in [0.3, 0.4) is 0 Å². The van der Waals surface area contributed by atoms with Crippen LogP contribution in [0, 0.1) is 5.41 Å². The van der Waals surface area contributed by atoms with Crippen LogP contribution < -0.4 is 4.90 Å². The number of ether oxygens (including phenoxy) is 1. The second-order valence-electron chi connectivity index (χ2n) is 8.34. The number of likely N-dealkylation sites (tertiary alicyclic amines) is 2. The Kier molecular flexibility index (Phi) is 7.75. The number of aromatic nitrogens is 2. The summed E-state index contributed by atoms with van der Waals surface area (Å²) in [6.07, 6.45) is 4.56.